The highest BCUT2D eigenvalue weighted by Gasteiger charge is 2.42. The Labute approximate surface area is 136 Å². The van der Waals surface area contributed by atoms with E-state index in [-0.39, 0.29) is 11.1 Å². The molecule has 0 aromatic carbocycles. The molecule has 0 N–H and O–H groups in total. The molecule has 22 heavy (non-hydrogen) atoms. The third kappa shape index (κ3) is 3.35. The lowest BCUT2D eigenvalue weighted by Crippen LogP contribution is -2.52. The van der Waals surface area contributed by atoms with Crippen molar-refractivity contribution >= 4 is 0 Å². The average Bonchev–Trinajstić information content (AvgIpc) is 2.91. The van der Waals surface area contributed by atoms with Crippen LogP contribution in [0.15, 0.2) is 10.2 Å². The van der Waals surface area contributed by atoms with Crippen LogP contribution >= 0.6 is 0 Å². The first-order valence-electron chi connectivity index (χ1n) is 8.31. The van der Waals surface area contributed by atoms with Crippen LogP contribution in [0.3, 0.4) is 0 Å². The summed E-state index contributed by atoms with van der Waals surface area (Å²) < 4.78 is 0. The van der Waals surface area contributed by atoms with E-state index in [1.165, 1.54) is 0 Å². The molecule has 2 aliphatic rings. The zero-order valence-corrected chi connectivity index (χ0v) is 15.7. The van der Waals surface area contributed by atoms with Crippen molar-refractivity contribution in [2.45, 2.75) is 51.1 Å². The Bertz CT molecular complexity index is 361. The minimum absolute atomic E-state index is 0.215. The van der Waals surface area contributed by atoms with Gasteiger partial charge in [0.25, 0.3) is 0 Å². The fourth-order valence-electron chi connectivity index (χ4n) is 4.31. The molecule has 2 heterocycles. The number of rotatable bonds is 4. The highest BCUT2D eigenvalue weighted by molar-refractivity contribution is 4.98. The Kier molecular flexibility index (Phi) is 4.97. The second kappa shape index (κ2) is 6.15. The maximum absolute atomic E-state index is 4.81. The third-order valence-corrected chi connectivity index (χ3v) is 5.11. The standard InChI is InChI=1S/C16H34N6/c1-15(2,13-19(5)9-10-20(13)6)17-18-16(3,4)14-21(7)11-12-22(14)8/h13-14H,9-12H2,1-8H3. The molecule has 0 spiro atoms. The van der Waals surface area contributed by atoms with E-state index in [0.29, 0.717) is 12.3 Å². The second-order valence-corrected chi connectivity index (χ2v) is 8.18. The summed E-state index contributed by atoms with van der Waals surface area (Å²) in [4.78, 5) is 9.50. The first-order chi connectivity index (χ1) is 10.1. The number of azo groups is 1. The minimum Gasteiger partial charge on any atom is -0.288 e. The van der Waals surface area contributed by atoms with Gasteiger partial charge in [0.1, 0.15) is 11.1 Å². The van der Waals surface area contributed by atoms with E-state index < -0.39 is 0 Å². The van der Waals surface area contributed by atoms with Crippen LogP contribution < -0.4 is 0 Å². The molecule has 0 amide bonds. The van der Waals surface area contributed by atoms with Crippen LogP contribution in [0.4, 0.5) is 0 Å². The summed E-state index contributed by atoms with van der Waals surface area (Å²) in [5.41, 5.74) is -0.431. The van der Waals surface area contributed by atoms with Crippen LogP contribution in [-0.4, -0.2) is 97.4 Å². The minimum atomic E-state index is -0.215. The number of hydrogen-bond donors (Lipinski definition) is 0. The van der Waals surface area contributed by atoms with Crippen molar-refractivity contribution in [2.75, 3.05) is 54.4 Å². The molecular weight excluding hydrogens is 276 g/mol. The lowest BCUT2D eigenvalue weighted by molar-refractivity contribution is 0.0888. The van der Waals surface area contributed by atoms with Crippen LogP contribution in [0.5, 0.6) is 0 Å². The number of likely N-dealkylation sites (N-methyl/N-ethyl adjacent to an activating group) is 4. The molecule has 0 atom stereocenters. The fraction of sp³-hybridized carbons (Fsp3) is 1.00. The quantitative estimate of drug-likeness (QED) is 0.736. The van der Waals surface area contributed by atoms with Gasteiger partial charge in [0.2, 0.25) is 0 Å². The summed E-state index contributed by atoms with van der Waals surface area (Å²) in [5, 5.41) is 9.62. The van der Waals surface area contributed by atoms with Crippen molar-refractivity contribution in [3.63, 3.8) is 0 Å². The van der Waals surface area contributed by atoms with E-state index in [1.807, 2.05) is 0 Å². The van der Waals surface area contributed by atoms with Crippen LogP contribution in [0, 0.1) is 0 Å². The summed E-state index contributed by atoms with van der Waals surface area (Å²) in [6.07, 6.45) is 0.622. The summed E-state index contributed by atoms with van der Waals surface area (Å²) in [6.45, 7) is 13.1. The van der Waals surface area contributed by atoms with Gasteiger partial charge >= 0.3 is 0 Å². The van der Waals surface area contributed by atoms with E-state index in [9.17, 15) is 0 Å². The van der Waals surface area contributed by atoms with Crippen molar-refractivity contribution in [2.24, 2.45) is 10.2 Å². The van der Waals surface area contributed by atoms with Gasteiger partial charge in [0, 0.05) is 26.2 Å². The van der Waals surface area contributed by atoms with Crippen LogP contribution in [0.1, 0.15) is 27.7 Å². The van der Waals surface area contributed by atoms with E-state index >= 15 is 0 Å². The van der Waals surface area contributed by atoms with Gasteiger partial charge in [-0.1, -0.05) is 0 Å². The molecule has 2 rings (SSSR count). The Balaban J connectivity index is 2.15. The van der Waals surface area contributed by atoms with E-state index in [2.05, 4.69) is 75.5 Å². The molecule has 6 nitrogen and oxygen atoms in total. The summed E-state index contributed by atoms with van der Waals surface area (Å²) >= 11 is 0. The number of nitrogens with zero attached hydrogens (tertiary/aromatic N) is 6. The van der Waals surface area contributed by atoms with E-state index in [4.69, 9.17) is 10.2 Å². The van der Waals surface area contributed by atoms with Crippen molar-refractivity contribution in [3.8, 4) is 0 Å². The summed E-state index contributed by atoms with van der Waals surface area (Å²) in [7, 11) is 8.70. The van der Waals surface area contributed by atoms with Gasteiger partial charge in [-0.25, -0.2) is 0 Å². The lowest BCUT2D eigenvalue weighted by Gasteiger charge is -2.38. The lowest BCUT2D eigenvalue weighted by atomic mass is 10.00. The smallest absolute Gasteiger partial charge is 0.105 e. The topological polar surface area (TPSA) is 37.7 Å². The molecule has 2 aliphatic heterocycles. The molecule has 2 fully saturated rings. The molecule has 0 aromatic heterocycles. The highest BCUT2D eigenvalue weighted by atomic mass is 15.5. The number of hydrogen-bond acceptors (Lipinski definition) is 6. The zero-order valence-electron chi connectivity index (χ0n) is 15.7. The van der Waals surface area contributed by atoms with Crippen molar-refractivity contribution in [1.82, 2.24) is 19.6 Å². The van der Waals surface area contributed by atoms with Gasteiger partial charge in [-0.15, -0.1) is 0 Å². The summed E-state index contributed by atoms with van der Waals surface area (Å²) in [6, 6.07) is 0. The fourth-order valence-corrected chi connectivity index (χ4v) is 4.31. The maximum atomic E-state index is 4.81. The van der Waals surface area contributed by atoms with Crippen LogP contribution in [-0.2, 0) is 0 Å². The predicted octanol–water partition coefficient (Wildman–Crippen LogP) is 1.40. The Morgan fingerprint density at radius 2 is 0.818 bits per heavy atom. The maximum Gasteiger partial charge on any atom is 0.105 e. The van der Waals surface area contributed by atoms with Gasteiger partial charge in [0.15, 0.2) is 0 Å². The molecule has 6 heteroatoms. The SMILES string of the molecule is CN1CCN(C)C1C(C)(C)N=NC(C)(C)C1N(C)CCN1C. The first-order valence-corrected chi connectivity index (χ1v) is 8.31. The van der Waals surface area contributed by atoms with Crippen molar-refractivity contribution in [3.05, 3.63) is 0 Å². The Morgan fingerprint density at radius 3 is 1.05 bits per heavy atom. The Morgan fingerprint density at radius 1 is 0.591 bits per heavy atom. The predicted molar refractivity (Wildman–Crippen MR) is 91.1 cm³/mol. The molecule has 128 valence electrons. The molecule has 2 saturated heterocycles. The zero-order chi connectivity index (χ0) is 16.7. The molecule has 0 aliphatic carbocycles. The van der Waals surface area contributed by atoms with Crippen molar-refractivity contribution < 1.29 is 0 Å². The first kappa shape index (κ1) is 17.8. The highest BCUT2D eigenvalue weighted by Crippen LogP contribution is 2.30. The molecule has 0 bridgehead atoms. The molecule has 0 radical (unpaired) electrons. The largest absolute Gasteiger partial charge is 0.288 e. The third-order valence-electron chi connectivity index (χ3n) is 5.11. The molecule has 0 saturated carbocycles. The molecular formula is C16H34N6. The molecule has 0 unspecified atom stereocenters. The average molecular weight is 310 g/mol. The van der Waals surface area contributed by atoms with Crippen LogP contribution in [0.25, 0.3) is 0 Å². The Hall–Kier alpha value is -0.560. The normalized spacial score (nSPS) is 26.0. The second-order valence-electron chi connectivity index (χ2n) is 8.18. The van der Waals surface area contributed by atoms with Gasteiger partial charge in [0.05, 0.1) is 12.3 Å². The van der Waals surface area contributed by atoms with E-state index in [1.54, 1.807) is 0 Å². The van der Waals surface area contributed by atoms with Gasteiger partial charge in [-0.2, -0.15) is 10.2 Å². The van der Waals surface area contributed by atoms with Gasteiger partial charge < -0.3 is 0 Å². The van der Waals surface area contributed by atoms with Crippen LogP contribution in [0.2, 0.25) is 0 Å². The van der Waals surface area contributed by atoms with E-state index in [0.717, 1.165) is 26.2 Å². The van der Waals surface area contributed by atoms with Gasteiger partial charge in [-0.3, -0.25) is 19.6 Å². The monoisotopic (exact) mass is 310 g/mol. The van der Waals surface area contributed by atoms with Crippen molar-refractivity contribution in [1.29, 1.82) is 0 Å². The van der Waals surface area contributed by atoms with Gasteiger partial charge in [-0.05, 0) is 55.9 Å². The molecule has 0 aromatic rings. The summed E-state index contributed by atoms with van der Waals surface area (Å²) in [5.74, 6) is 0.